The molecule has 0 N–H and O–H groups in total. The van der Waals surface area contributed by atoms with E-state index < -0.39 is 0 Å². The fourth-order valence-electron chi connectivity index (χ4n) is 3.33. The van der Waals surface area contributed by atoms with Crippen LogP contribution in [0.5, 0.6) is 11.5 Å². The Morgan fingerprint density at radius 2 is 1.74 bits per heavy atom. The number of piperazine rings is 1. The molecule has 5 nitrogen and oxygen atoms in total. The van der Waals surface area contributed by atoms with Gasteiger partial charge in [-0.3, -0.25) is 4.79 Å². The maximum atomic E-state index is 12.6. The number of hydrogen-bond donors (Lipinski definition) is 0. The largest absolute Gasteiger partial charge is 0.493 e. The van der Waals surface area contributed by atoms with Crippen LogP contribution in [0.4, 0.5) is 5.69 Å². The summed E-state index contributed by atoms with van der Waals surface area (Å²) in [4.78, 5) is 16.8. The molecule has 144 valence electrons. The monoisotopic (exact) mass is 388 g/mol. The topological polar surface area (TPSA) is 42.0 Å². The Balaban J connectivity index is 1.51. The summed E-state index contributed by atoms with van der Waals surface area (Å²) in [5.41, 5.74) is 2.18. The first-order valence-corrected chi connectivity index (χ1v) is 9.47. The van der Waals surface area contributed by atoms with Crippen molar-refractivity contribution in [2.75, 3.05) is 45.3 Å². The molecule has 3 rings (SSSR count). The first kappa shape index (κ1) is 19.4. The van der Waals surface area contributed by atoms with Crippen molar-refractivity contribution >= 4 is 23.2 Å². The molecule has 0 bridgehead atoms. The molecule has 2 aromatic rings. The van der Waals surface area contributed by atoms with E-state index in [-0.39, 0.29) is 5.91 Å². The van der Waals surface area contributed by atoms with Gasteiger partial charge in [0.15, 0.2) is 11.5 Å². The summed E-state index contributed by atoms with van der Waals surface area (Å²) in [6, 6.07) is 13.6. The zero-order valence-corrected chi connectivity index (χ0v) is 16.5. The van der Waals surface area contributed by atoms with E-state index in [0.29, 0.717) is 24.3 Å². The molecule has 0 atom stereocenters. The summed E-state index contributed by atoms with van der Waals surface area (Å²) in [6.07, 6.45) is 1.18. The Morgan fingerprint density at radius 1 is 1.00 bits per heavy atom. The van der Waals surface area contributed by atoms with Crippen LogP contribution < -0.4 is 14.4 Å². The lowest BCUT2D eigenvalue weighted by Crippen LogP contribution is -2.48. The van der Waals surface area contributed by atoms with E-state index in [4.69, 9.17) is 21.1 Å². The third kappa shape index (κ3) is 4.86. The van der Waals surface area contributed by atoms with E-state index in [9.17, 15) is 4.79 Å². The molecular weight excluding hydrogens is 364 g/mol. The van der Waals surface area contributed by atoms with Crippen LogP contribution in [-0.4, -0.2) is 51.2 Å². The van der Waals surface area contributed by atoms with Gasteiger partial charge >= 0.3 is 0 Å². The predicted octanol–water partition coefficient (Wildman–Crippen LogP) is 3.64. The number of rotatable bonds is 6. The summed E-state index contributed by atoms with van der Waals surface area (Å²) < 4.78 is 10.6. The van der Waals surface area contributed by atoms with Gasteiger partial charge in [-0.15, -0.1) is 0 Å². The molecular formula is C21H25ClN2O3. The molecule has 1 heterocycles. The summed E-state index contributed by atoms with van der Waals surface area (Å²) in [5.74, 6) is 1.58. The quantitative estimate of drug-likeness (QED) is 0.757. The van der Waals surface area contributed by atoms with Gasteiger partial charge < -0.3 is 19.3 Å². The van der Waals surface area contributed by atoms with E-state index in [2.05, 4.69) is 11.0 Å². The smallest absolute Gasteiger partial charge is 0.223 e. The molecule has 0 spiro atoms. The van der Waals surface area contributed by atoms with Gasteiger partial charge in [0.25, 0.3) is 0 Å². The molecule has 6 heteroatoms. The van der Waals surface area contributed by atoms with Crippen molar-refractivity contribution in [1.82, 2.24) is 4.90 Å². The number of hydrogen-bond acceptors (Lipinski definition) is 4. The Labute approximate surface area is 165 Å². The van der Waals surface area contributed by atoms with E-state index in [1.807, 2.05) is 41.3 Å². The van der Waals surface area contributed by atoms with Gasteiger partial charge in [-0.05, 0) is 42.3 Å². The van der Waals surface area contributed by atoms with E-state index in [1.54, 1.807) is 14.2 Å². The van der Waals surface area contributed by atoms with Crippen molar-refractivity contribution in [3.05, 3.63) is 53.1 Å². The standard InChI is InChI=1S/C21H25ClN2O3/c1-26-19-8-6-16(14-20(19)27-2)7-9-21(25)24-12-10-23(11-13-24)18-5-3-4-17(22)15-18/h3-6,8,14-15H,7,9-13H2,1-2H3. The molecule has 0 saturated carbocycles. The number of benzene rings is 2. The number of methoxy groups -OCH3 is 2. The van der Waals surface area contributed by atoms with Crippen LogP contribution in [0.3, 0.4) is 0 Å². The molecule has 0 aliphatic carbocycles. The van der Waals surface area contributed by atoms with Crippen LogP contribution in [0.15, 0.2) is 42.5 Å². The summed E-state index contributed by atoms with van der Waals surface area (Å²) in [5, 5.41) is 0.737. The van der Waals surface area contributed by atoms with Crippen LogP contribution >= 0.6 is 11.6 Å². The lowest BCUT2D eigenvalue weighted by molar-refractivity contribution is -0.131. The molecule has 27 heavy (non-hydrogen) atoms. The lowest BCUT2D eigenvalue weighted by Gasteiger charge is -2.36. The second kappa shape index (κ2) is 9.00. The molecule has 1 fully saturated rings. The number of ether oxygens (including phenoxy) is 2. The number of carbonyl (C=O) groups is 1. The number of aryl methyl sites for hydroxylation is 1. The second-order valence-electron chi connectivity index (χ2n) is 6.54. The number of anilines is 1. The van der Waals surface area contributed by atoms with Crippen molar-refractivity contribution in [1.29, 1.82) is 0 Å². The normalized spacial score (nSPS) is 14.2. The van der Waals surface area contributed by atoms with E-state index >= 15 is 0 Å². The average molecular weight is 389 g/mol. The molecule has 0 unspecified atom stereocenters. The minimum Gasteiger partial charge on any atom is -0.493 e. The van der Waals surface area contributed by atoms with Crippen molar-refractivity contribution in [2.45, 2.75) is 12.8 Å². The summed E-state index contributed by atoms with van der Waals surface area (Å²) in [7, 11) is 3.23. The van der Waals surface area contributed by atoms with Gasteiger partial charge in [0.2, 0.25) is 5.91 Å². The number of halogens is 1. The molecule has 1 aliphatic rings. The maximum absolute atomic E-state index is 12.6. The van der Waals surface area contributed by atoms with Crippen LogP contribution in [0.2, 0.25) is 5.02 Å². The van der Waals surface area contributed by atoms with Gasteiger partial charge in [-0.2, -0.15) is 0 Å². The molecule has 1 amide bonds. The highest BCUT2D eigenvalue weighted by Crippen LogP contribution is 2.28. The van der Waals surface area contributed by atoms with Gasteiger partial charge in [0.1, 0.15) is 0 Å². The minimum atomic E-state index is 0.190. The van der Waals surface area contributed by atoms with Crippen LogP contribution in [-0.2, 0) is 11.2 Å². The summed E-state index contributed by atoms with van der Waals surface area (Å²) in [6.45, 7) is 3.11. The highest BCUT2D eigenvalue weighted by Gasteiger charge is 2.21. The third-order valence-corrected chi connectivity index (χ3v) is 5.12. The number of nitrogens with zero attached hydrogens (tertiary/aromatic N) is 2. The predicted molar refractivity (Wildman–Crippen MR) is 108 cm³/mol. The SMILES string of the molecule is COc1ccc(CCC(=O)N2CCN(c3cccc(Cl)c3)CC2)cc1OC. The minimum absolute atomic E-state index is 0.190. The van der Waals surface area contributed by atoms with Crippen molar-refractivity contribution in [2.24, 2.45) is 0 Å². The average Bonchev–Trinajstić information content (AvgIpc) is 2.71. The summed E-state index contributed by atoms with van der Waals surface area (Å²) >= 11 is 6.08. The Hall–Kier alpha value is -2.40. The molecule has 1 aliphatic heterocycles. The van der Waals surface area contributed by atoms with Gasteiger partial charge in [-0.25, -0.2) is 0 Å². The van der Waals surface area contributed by atoms with Gasteiger partial charge in [-0.1, -0.05) is 23.7 Å². The zero-order valence-electron chi connectivity index (χ0n) is 15.8. The lowest BCUT2D eigenvalue weighted by atomic mass is 10.1. The van der Waals surface area contributed by atoms with Crippen molar-refractivity contribution in [3.8, 4) is 11.5 Å². The fraction of sp³-hybridized carbons (Fsp3) is 0.381. The van der Waals surface area contributed by atoms with E-state index in [1.165, 1.54) is 0 Å². The number of amides is 1. The molecule has 1 saturated heterocycles. The molecule has 2 aromatic carbocycles. The van der Waals surface area contributed by atoms with E-state index in [0.717, 1.165) is 42.5 Å². The number of carbonyl (C=O) groups excluding carboxylic acids is 1. The van der Waals surface area contributed by atoms with Crippen LogP contribution in [0.1, 0.15) is 12.0 Å². The van der Waals surface area contributed by atoms with Crippen LogP contribution in [0, 0.1) is 0 Å². The van der Waals surface area contributed by atoms with Gasteiger partial charge in [0.05, 0.1) is 14.2 Å². The van der Waals surface area contributed by atoms with Gasteiger partial charge in [0, 0.05) is 43.3 Å². The van der Waals surface area contributed by atoms with Crippen molar-refractivity contribution in [3.63, 3.8) is 0 Å². The fourth-order valence-corrected chi connectivity index (χ4v) is 3.52. The Kier molecular flexibility index (Phi) is 6.45. The maximum Gasteiger partial charge on any atom is 0.223 e. The Bertz CT molecular complexity index is 789. The second-order valence-corrected chi connectivity index (χ2v) is 6.97. The highest BCUT2D eigenvalue weighted by molar-refractivity contribution is 6.30. The molecule has 0 radical (unpaired) electrons. The Morgan fingerprint density at radius 3 is 2.41 bits per heavy atom. The first-order valence-electron chi connectivity index (χ1n) is 9.10. The third-order valence-electron chi connectivity index (χ3n) is 4.88. The molecule has 0 aromatic heterocycles. The highest BCUT2D eigenvalue weighted by atomic mass is 35.5. The first-order chi connectivity index (χ1) is 13.1. The van der Waals surface area contributed by atoms with Crippen molar-refractivity contribution < 1.29 is 14.3 Å². The zero-order chi connectivity index (χ0) is 19.2. The van der Waals surface area contributed by atoms with Crippen LogP contribution in [0.25, 0.3) is 0 Å².